The number of nitrogens with zero attached hydrogens (tertiary/aromatic N) is 1. The molecule has 0 bridgehead atoms. The van der Waals surface area contributed by atoms with Gasteiger partial charge in [-0.25, -0.2) is 0 Å². The summed E-state index contributed by atoms with van der Waals surface area (Å²) >= 11 is 0. The summed E-state index contributed by atoms with van der Waals surface area (Å²) in [4.78, 5) is 29.4. The number of hydrogen-bond acceptors (Lipinski definition) is 4. The lowest BCUT2D eigenvalue weighted by atomic mass is 9.51. The Morgan fingerprint density at radius 1 is 1.20 bits per heavy atom. The molecule has 0 spiro atoms. The average Bonchev–Trinajstić information content (AvgIpc) is 2.70. The lowest BCUT2D eigenvalue weighted by molar-refractivity contribution is -0.142. The third-order valence-electron chi connectivity index (χ3n) is 7.59. The fourth-order valence-corrected chi connectivity index (χ4v) is 5.85. The topological polar surface area (TPSA) is 91.3 Å². The summed E-state index contributed by atoms with van der Waals surface area (Å²) in [6.07, 6.45) is 4.79. The number of aliphatic hydroxyl groups excluding tert-OH is 1. The molecule has 7 atom stereocenters. The summed E-state index contributed by atoms with van der Waals surface area (Å²) in [5, 5.41) is 17.6. The number of carbonyl (C=O) groups excluding carboxylic acids is 2. The van der Waals surface area contributed by atoms with Crippen molar-refractivity contribution in [3.05, 3.63) is 30.1 Å². The smallest absolute Gasteiger partial charge is 0.270 e. The third-order valence-corrected chi connectivity index (χ3v) is 7.59. The minimum absolute atomic E-state index is 0.00854. The summed E-state index contributed by atoms with van der Waals surface area (Å²) < 4.78 is 0. The maximum absolute atomic E-state index is 12.7. The van der Waals surface area contributed by atoms with Crippen LogP contribution >= 0.6 is 0 Å². The molecule has 2 aliphatic rings. The summed E-state index contributed by atoms with van der Waals surface area (Å²) in [6.45, 7) is 10.2. The number of rotatable bonds is 5. The van der Waals surface area contributed by atoms with Crippen LogP contribution in [0.4, 0.5) is 0 Å². The molecule has 1 heterocycles. The van der Waals surface area contributed by atoms with E-state index in [1.807, 2.05) is 26.8 Å². The van der Waals surface area contributed by atoms with E-state index in [1.54, 1.807) is 18.3 Å². The molecule has 2 saturated carbocycles. The van der Waals surface area contributed by atoms with E-state index in [0.29, 0.717) is 5.69 Å². The highest BCUT2D eigenvalue weighted by atomic mass is 16.3. The van der Waals surface area contributed by atoms with E-state index >= 15 is 0 Å². The van der Waals surface area contributed by atoms with Crippen LogP contribution in [0.15, 0.2) is 24.4 Å². The number of aromatic nitrogens is 1. The van der Waals surface area contributed by atoms with Crippen LogP contribution in [0.1, 0.15) is 70.8 Å². The first-order valence-electron chi connectivity index (χ1n) is 11.3. The van der Waals surface area contributed by atoms with Gasteiger partial charge in [0.2, 0.25) is 5.91 Å². The molecule has 0 saturated heterocycles. The van der Waals surface area contributed by atoms with Gasteiger partial charge in [-0.15, -0.1) is 0 Å². The van der Waals surface area contributed by atoms with Crippen LogP contribution in [-0.2, 0) is 4.79 Å². The lowest BCUT2D eigenvalue weighted by Crippen LogP contribution is -2.58. The van der Waals surface area contributed by atoms with Gasteiger partial charge in [0.1, 0.15) is 5.69 Å². The van der Waals surface area contributed by atoms with Gasteiger partial charge in [-0.3, -0.25) is 14.6 Å². The van der Waals surface area contributed by atoms with Crippen molar-refractivity contribution in [2.75, 3.05) is 0 Å². The molecular formula is C24H37N3O3. The molecule has 166 valence electrons. The van der Waals surface area contributed by atoms with Crippen LogP contribution in [0.3, 0.4) is 0 Å². The normalized spacial score (nSPS) is 34.7. The van der Waals surface area contributed by atoms with Crippen LogP contribution in [0.25, 0.3) is 0 Å². The molecule has 0 aromatic carbocycles. The molecule has 6 nitrogen and oxygen atoms in total. The number of amides is 2. The van der Waals surface area contributed by atoms with Crippen molar-refractivity contribution in [2.24, 2.45) is 29.1 Å². The molecule has 0 unspecified atom stereocenters. The molecule has 30 heavy (non-hydrogen) atoms. The van der Waals surface area contributed by atoms with Gasteiger partial charge >= 0.3 is 0 Å². The van der Waals surface area contributed by atoms with E-state index in [-0.39, 0.29) is 53.0 Å². The second kappa shape index (κ2) is 9.04. The average molecular weight is 416 g/mol. The van der Waals surface area contributed by atoms with Crippen molar-refractivity contribution in [2.45, 2.75) is 78.5 Å². The molecule has 3 rings (SSSR count). The second-order valence-corrected chi connectivity index (χ2v) is 10.0. The van der Waals surface area contributed by atoms with Gasteiger partial charge < -0.3 is 15.7 Å². The maximum atomic E-state index is 12.7. The predicted octanol–water partition coefficient (Wildman–Crippen LogP) is 3.16. The standard InChI is InChI=1S/C24H37N3O3/c1-14(2)26-22(29)15(3)17-9-11-24(5)12-10-18(16(4)20(24)21(17)28)27-23(30)19-8-6-7-13-25-19/h6-8,13-18,20-21,28H,9-12H2,1-5H3,(H,26,29)(H,27,30)/t15-,16-,17-,18-,20+,21-,24+/m0/s1. The van der Waals surface area contributed by atoms with Crippen LogP contribution in [0, 0.1) is 29.1 Å². The monoisotopic (exact) mass is 415 g/mol. The zero-order chi connectivity index (χ0) is 22.1. The molecule has 2 aliphatic carbocycles. The maximum Gasteiger partial charge on any atom is 0.270 e. The highest BCUT2D eigenvalue weighted by Crippen LogP contribution is 2.55. The minimum atomic E-state index is -0.554. The fraction of sp³-hybridized carbons (Fsp3) is 0.708. The van der Waals surface area contributed by atoms with Crippen LogP contribution in [0.2, 0.25) is 0 Å². The van der Waals surface area contributed by atoms with Crippen LogP contribution in [-0.4, -0.2) is 40.1 Å². The van der Waals surface area contributed by atoms with E-state index in [9.17, 15) is 14.7 Å². The number of nitrogens with one attached hydrogen (secondary N) is 2. The van der Waals surface area contributed by atoms with E-state index in [1.165, 1.54) is 0 Å². The Hall–Kier alpha value is -1.95. The Balaban J connectivity index is 1.74. The summed E-state index contributed by atoms with van der Waals surface area (Å²) in [7, 11) is 0. The Kier molecular flexibility index (Phi) is 6.85. The van der Waals surface area contributed by atoms with Gasteiger partial charge in [0.05, 0.1) is 6.10 Å². The van der Waals surface area contributed by atoms with Crippen molar-refractivity contribution in [3.8, 4) is 0 Å². The zero-order valence-electron chi connectivity index (χ0n) is 18.9. The first kappa shape index (κ1) is 22.7. The van der Waals surface area contributed by atoms with Crippen molar-refractivity contribution >= 4 is 11.8 Å². The molecule has 0 radical (unpaired) electrons. The summed E-state index contributed by atoms with van der Waals surface area (Å²) in [5.74, 6) is -0.274. The number of pyridine rings is 1. The van der Waals surface area contributed by atoms with E-state index in [0.717, 1.165) is 25.7 Å². The van der Waals surface area contributed by atoms with E-state index in [4.69, 9.17) is 0 Å². The third kappa shape index (κ3) is 4.53. The number of fused-ring (bicyclic) bond motifs is 1. The molecule has 1 aromatic rings. The van der Waals surface area contributed by atoms with Crippen molar-refractivity contribution in [3.63, 3.8) is 0 Å². The number of carbonyl (C=O) groups is 2. The van der Waals surface area contributed by atoms with Gasteiger partial charge in [-0.1, -0.05) is 26.8 Å². The highest BCUT2D eigenvalue weighted by molar-refractivity contribution is 5.92. The molecular weight excluding hydrogens is 378 g/mol. The van der Waals surface area contributed by atoms with Crippen LogP contribution < -0.4 is 10.6 Å². The SMILES string of the molecule is CC(C)NC(=O)[C@@H](C)[C@@H]1CC[C@]2(C)CC[C@H](NC(=O)c3ccccn3)[C@H](C)[C@@H]2[C@H]1O. The van der Waals surface area contributed by atoms with Gasteiger partial charge in [-0.05, 0) is 74.8 Å². The van der Waals surface area contributed by atoms with Crippen molar-refractivity contribution < 1.29 is 14.7 Å². The Morgan fingerprint density at radius 3 is 2.53 bits per heavy atom. The number of aliphatic hydroxyl groups is 1. The first-order chi connectivity index (χ1) is 14.1. The van der Waals surface area contributed by atoms with Gasteiger partial charge in [0.15, 0.2) is 0 Å². The molecule has 3 N–H and O–H groups in total. The largest absolute Gasteiger partial charge is 0.392 e. The predicted molar refractivity (Wildman–Crippen MR) is 117 cm³/mol. The van der Waals surface area contributed by atoms with Crippen molar-refractivity contribution in [1.82, 2.24) is 15.6 Å². The molecule has 2 amide bonds. The van der Waals surface area contributed by atoms with E-state index in [2.05, 4.69) is 29.5 Å². The summed E-state index contributed by atoms with van der Waals surface area (Å²) in [6, 6.07) is 5.40. The van der Waals surface area contributed by atoms with Gasteiger partial charge in [0, 0.05) is 24.2 Å². The molecule has 6 heteroatoms. The zero-order valence-corrected chi connectivity index (χ0v) is 18.9. The lowest BCUT2D eigenvalue weighted by Gasteiger charge is -2.56. The molecule has 0 aliphatic heterocycles. The second-order valence-electron chi connectivity index (χ2n) is 10.0. The number of hydrogen-bond donors (Lipinski definition) is 3. The van der Waals surface area contributed by atoms with Crippen LogP contribution in [0.5, 0.6) is 0 Å². The van der Waals surface area contributed by atoms with Gasteiger partial charge in [-0.2, -0.15) is 0 Å². The van der Waals surface area contributed by atoms with Gasteiger partial charge in [0.25, 0.3) is 5.91 Å². The molecule has 2 fully saturated rings. The quantitative estimate of drug-likeness (QED) is 0.689. The summed E-state index contributed by atoms with van der Waals surface area (Å²) in [5.41, 5.74) is 0.453. The highest BCUT2D eigenvalue weighted by Gasteiger charge is 2.53. The van der Waals surface area contributed by atoms with E-state index < -0.39 is 6.10 Å². The molecule has 1 aromatic heterocycles. The Bertz CT molecular complexity index is 753. The minimum Gasteiger partial charge on any atom is -0.392 e. The first-order valence-corrected chi connectivity index (χ1v) is 11.3. The Morgan fingerprint density at radius 2 is 1.90 bits per heavy atom. The fourth-order valence-electron chi connectivity index (χ4n) is 5.85. The van der Waals surface area contributed by atoms with Crippen molar-refractivity contribution in [1.29, 1.82) is 0 Å². The Labute approximate surface area is 180 Å².